The molecule has 2 heterocycles. The van der Waals surface area contributed by atoms with Crippen LogP contribution < -0.4 is 0 Å². The van der Waals surface area contributed by atoms with Crippen molar-refractivity contribution >= 4 is 0 Å². The molecule has 2 saturated heterocycles. The van der Waals surface area contributed by atoms with Crippen LogP contribution in [0.5, 0.6) is 0 Å². The minimum Gasteiger partial charge on any atom is -0.376 e. The van der Waals surface area contributed by atoms with E-state index in [4.69, 9.17) is 9.47 Å². The molecule has 0 radical (unpaired) electrons. The van der Waals surface area contributed by atoms with Crippen molar-refractivity contribution in [2.75, 3.05) is 32.9 Å². The lowest BCUT2D eigenvalue weighted by Gasteiger charge is -2.36. The van der Waals surface area contributed by atoms with E-state index in [2.05, 4.69) is 25.7 Å². The Labute approximate surface area is 86.4 Å². The monoisotopic (exact) mass is 199 g/mol. The predicted octanol–water partition coefficient (Wildman–Crippen LogP) is 1.28. The first-order chi connectivity index (χ1) is 6.52. The highest BCUT2D eigenvalue weighted by molar-refractivity contribution is 4.96. The van der Waals surface area contributed by atoms with Crippen molar-refractivity contribution in [1.29, 1.82) is 0 Å². The topological polar surface area (TPSA) is 21.7 Å². The van der Waals surface area contributed by atoms with E-state index in [0.29, 0.717) is 0 Å². The first-order valence-electron chi connectivity index (χ1n) is 5.49. The Hall–Kier alpha value is -0.120. The third kappa shape index (κ3) is 1.95. The van der Waals surface area contributed by atoms with E-state index in [0.717, 1.165) is 39.3 Å². The molecule has 2 rings (SSSR count). The Kier molecular flexibility index (Phi) is 2.58. The quantitative estimate of drug-likeness (QED) is 0.586. The van der Waals surface area contributed by atoms with Crippen molar-refractivity contribution in [1.82, 2.24) is 4.90 Å². The maximum atomic E-state index is 5.89. The molecule has 0 saturated carbocycles. The lowest BCUT2D eigenvalue weighted by molar-refractivity contribution is -0.151. The molecule has 2 fully saturated rings. The van der Waals surface area contributed by atoms with Crippen LogP contribution in [0.3, 0.4) is 0 Å². The number of hydrogen-bond donors (Lipinski definition) is 0. The SMILES string of the molecule is CC(C)(C)N1CCC2(COCCO2)C1. The Bertz CT molecular complexity index is 204. The summed E-state index contributed by atoms with van der Waals surface area (Å²) < 4.78 is 11.4. The summed E-state index contributed by atoms with van der Waals surface area (Å²) in [5.41, 5.74) is 0.260. The summed E-state index contributed by atoms with van der Waals surface area (Å²) in [5, 5.41) is 0. The second kappa shape index (κ2) is 3.47. The Morgan fingerprint density at radius 1 is 1.21 bits per heavy atom. The van der Waals surface area contributed by atoms with Crippen LogP contribution in [0.1, 0.15) is 27.2 Å². The minimum atomic E-state index is 0.00549. The van der Waals surface area contributed by atoms with Crippen molar-refractivity contribution in [2.24, 2.45) is 0 Å². The van der Waals surface area contributed by atoms with Gasteiger partial charge in [-0.05, 0) is 27.2 Å². The molecule has 0 amide bonds. The van der Waals surface area contributed by atoms with Crippen LogP contribution in [0.25, 0.3) is 0 Å². The fourth-order valence-corrected chi connectivity index (χ4v) is 2.27. The van der Waals surface area contributed by atoms with Gasteiger partial charge in [0.05, 0.1) is 19.8 Å². The van der Waals surface area contributed by atoms with E-state index < -0.39 is 0 Å². The van der Waals surface area contributed by atoms with Gasteiger partial charge >= 0.3 is 0 Å². The summed E-state index contributed by atoms with van der Waals surface area (Å²) in [4.78, 5) is 2.49. The molecule has 2 aliphatic rings. The van der Waals surface area contributed by atoms with E-state index in [1.165, 1.54) is 0 Å². The summed E-state index contributed by atoms with van der Waals surface area (Å²) >= 11 is 0. The summed E-state index contributed by atoms with van der Waals surface area (Å²) in [5.74, 6) is 0. The van der Waals surface area contributed by atoms with Gasteiger partial charge in [0.15, 0.2) is 0 Å². The summed E-state index contributed by atoms with van der Waals surface area (Å²) in [6.07, 6.45) is 1.12. The molecular formula is C11H21NO2. The second-order valence-electron chi connectivity index (χ2n) is 5.43. The first-order valence-corrected chi connectivity index (χ1v) is 5.49. The molecule has 14 heavy (non-hydrogen) atoms. The third-order valence-electron chi connectivity index (χ3n) is 3.27. The highest BCUT2D eigenvalue weighted by Gasteiger charge is 2.43. The summed E-state index contributed by atoms with van der Waals surface area (Å²) in [6.45, 7) is 11.2. The molecule has 1 atom stereocenters. The highest BCUT2D eigenvalue weighted by Crippen LogP contribution is 2.32. The van der Waals surface area contributed by atoms with Gasteiger partial charge in [0.25, 0.3) is 0 Å². The molecule has 0 N–H and O–H groups in total. The molecule has 0 aromatic heterocycles. The Morgan fingerprint density at radius 3 is 2.50 bits per heavy atom. The Balaban J connectivity index is 1.99. The van der Waals surface area contributed by atoms with E-state index in [1.54, 1.807) is 0 Å². The van der Waals surface area contributed by atoms with Gasteiger partial charge in [-0.3, -0.25) is 4.90 Å². The van der Waals surface area contributed by atoms with Gasteiger partial charge < -0.3 is 9.47 Å². The first kappa shape index (κ1) is 10.4. The van der Waals surface area contributed by atoms with Crippen molar-refractivity contribution in [3.8, 4) is 0 Å². The molecule has 3 nitrogen and oxygen atoms in total. The van der Waals surface area contributed by atoms with Crippen molar-refractivity contribution in [3.63, 3.8) is 0 Å². The molecule has 2 aliphatic heterocycles. The Morgan fingerprint density at radius 2 is 2.00 bits per heavy atom. The molecule has 0 aromatic carbocycles. The maximum Gasteiger partial charge on any atom is 0.105 e. The number of rotatable bonds is 0. The fraction of sp³-hybridized carbons (Fsp3) is 1.00. The zero-order chi connectivity index (χ0) is 10.2. The molecule has 82 valence electrons. The number of ether oxygens (including phenoxy) is 2. The fourth-order valence-electron chi connectivity index (χ4n) is 2.27. The van der Waals surface area contributed by atoms with Crippen LogP contribution in [0.4, 0.5) is 0 Å². The van der Waals surface area contributed by atoms with Gasteiger partial charge in [-0.15, -0.1) is 0 Å². The average Bonchev–Trinajstić information content (AvgIpc) is 2.50. The average molecular weight is 199 g/mol. The lowest BCUT2D eigenvalue weighted by Crippen LogP contribution is -2.48. The summed E-state index contributed by atoms with van der Waals surface area (Å²) in [7, 11) is 0. The third-order valence-corrected chi connectivity index (χ3v) is 3.27. The number of likely N-dealkylation sites (tertiary alicyclic amines) is 1. The zero-order valence-corrected chi connectivity index (χ0v) is 9.51. The van der Waals surface area contributed by atoms with Gasteiger partial charge in [0.1, 0.15) is 5.60 Å². The van der Waals surface area contributed by atoms with Crippen molar-refractivity contribution in [2.45, 2.75) is 38.3 Å². The molecule has 1 unspecified atom stereocenters. The summed E-state index contributed by atoms with van der Waals surface area (Å²) in [6, 6.07) is 0. The molecular weight excluding hydrogens is 178 g/mol. The zero-order valence-electron chi connectivity index (χ0n) is 9.51. The highest BCUT2D eigenvalue weighted by atomic mass is 16.6. The van der Waals surface area contributed by atoms with Crippen LogP contribution in [-0.4, -0.2) is 49.0 Å². The van der Waals surface area contributed by atoms with E-state index >= 15 is 0 Å². The maximum absolute atomic E-state index is 5.89. The predicted molar refractivity (Wildman–Crippen MR) is 55.4 cm³/mol. The van der Waals surface area contributed by atoms with Crippen LogP contribution >= 0.6 is 0 Å². The van der Waals surface area contributed by atoms with Crippen LogP contribution in [0, 0.1) is 0 Å². The van der Waals surface area contributed by atoms with E-state index in [9.17, 15) is 0 Å². The second-order valence-corrected chi connectivity index (χ2v) is 5.43. The largest absolute Gasteiger partial charge is 0.376 e. The van der Waals surface area contributed by atoms with E-state index in [-0.39, 0.29) is 11.1 Å². The molecule has 0 bridgehead atoms. The standard InChI is InChI=1S/C11H21NO2/c1-10(2,3)12-5-4-11(8-12)9-13-6-7-14-11/h4-9H2,1-3H3. The van der Waals surface area contributed by atoms with Crippen molar-refractivity contribution < 1.29 is 9.47 Å². The van der Waals surface area contributed by atoms with Gasteiger partial charge in [-0.1, -0.05) is 0 Å². The lowest BCUT2D eigenvalue weighted by atomic mass is 10.0. The van der Waals surface area contributed by atoms with Crippen molar-refractivity contribution in [3.05, 3.63) is 0 Å². The smallest absolute Gasteiger partial charge is 0.105 e. The molecule has 0 aliphatic carbocycles. The van der Waals surface area contributed by atoms with Crippen LogP contribution in [-0.2, 0) is 9.47 Å². The molecule has 3 heteroatoms. The van der Waals surface area contributed by atoms with Gasteiger partial charge in [0, 0.05) is 18.6 Å². The van der Waals surface area contributed by atoms with Crippen LogP contribution in [0.15, 0.2) is 0 Å². The minimum absolute atomic E-state index is 0.00549. The normalized spacial score (nSPS) is 35.4. The van der Waals surface area contributed by atoms with Gasteiger partial charge in [-0.2, -0.15) is 0 Å². The van der Waals surface area contributed by atoms with Gasteiger partial charge in [0.2, 0.25) is 0 Å². The van der Waals surface area contributed by atoms with Crippen LogP contribution in [0.2, 0.25) is 0 Å². The number of nitrogens with zero attached hydrogens (tertiary/aromatic N) is 1. The molecule has 0 aromatic rings. The van der Waals surface area contributed by atoms with Gasteiger partial charge in [-0.25, -0.2) is 0 Å². The number of hydrogen-bond acceptors (Lipinski definition) is 3. The van der Waals surface area contributed by atoms with E-state index in [1.807, 2.05) is 0 Å². The molecule has 1 spiro atoms.